The van der Waals surface area contributed by atoms with Crippen LogP contribution in [0.15, 0.2) is 0 Å². The molecule has 2 nitrogen and oxygen atoms in total. The number of thioether (sulfide) groups is 1. The molecule has 0 unspecified atom stereocenters. The van der Waals surface area contributed by atoms with E-state index in [9.17, 15) is 4.79 Å². The van der Waals surface area contributed by atoms with Crippen LogP contribution in [0.25, 0.3) is 0 Å². The number of carbonyl (C=O) groups is 1. The average molecular weight is 278 g/mol. The molecule has 1 aliphatic rings. The second-order valence-electron chi connectivity index (χ2n) is 4.68. The van der Waals surface area contributed by atoms with Crippen LogP contribution in [0.3, 0.4) is 0 Å². The molecule has 0 aromatic carbocycles. The fourth-order valence-corrected chi connectivity index (χ4v) is 3.55. The number of amides is 1. The number of rotatable bonds is 7. The molecule has 0 aliphatic carbocycles. The molecule has 1 fully saturated rings. The monoisotopic (exact) mass is 277 g/mol. The van der Waals surface area contributed by atoms with Crippen LogP contribution in [-0.4, -0.2) is 41.3 Å². The van der Waals surface area contributed by atoms with Crippen molar-refractivity contribution in [2.75, 3.05) is 30.5 Å². The molecule has 0 atom stereocenters. The van der Waals surface area contributed by atoms with E-state index in [0.717, 1.165) is 25.8 Å². The molecule has 100 valence electrons. The standard InChI is InChI=1S/C13H24ClNOS/c1-2-3-7-15(8-6-14)13(16)11-12-4-9-17-10-5-12/h12H,2-11H2,1H3. The minimum atomic E-state index is 0.316. The summed E-state index contributed by atoms with van der Waals surface area (Å²) in [6, 6.07) is 0. The molecule has 0 radical (unpaired) electrons. The number of nitrogens with zero attached hydrogens (tertiary/aromatic N) is 1. The highest BCUT2D eigenvalue weighted by Gasteiger charge is 2.20. The summed E-state index contributed by atoms with van der Waals surface area (Å²) in [7, 11) is 0. The summed E-state index contributed by atoms with van der Waals surface area (Å²) in [5.41, 5.74) is 0. The van der Waals surface area contributed by atoms with Crippen LogP contribution in [0.1, 0.15) is 39.0 Å². The highest BCUT2D eigenvalue weighted by Crippen LogP contribution is 2.25. The molecule has 0 aromatic heterocycles. The zero-order valence-electron chi connectivity index (χ0n) is 10.8. The second kappa shape index (κ2) is 9.09. The van der Waals surface area contributed by atoms with Crippen molar-refractivity contribution in [3.8, 4) is 0 Å². The Morgan fingerprint density at radius 1 is 1.35 bits per heavy atom. The van der Waals surface area contributed by atoms with Gasteiger partial charge in [0.05, 0.1) is 0 Å². The number of halogens is 1. The molecule has 0 N–H and O–H groups in total. The van der Waals surface area contributed by atoms with E-state index in [-0.39, 0.29) is 0 Å². The summed E-state index contributed by atoms with van der Waals surface area (Å²) in [6.07, 6.45) is 5.37. The summed E-state index contributed by atoms with van der Waals surface area (Å²) < 4.78 is 0. The Labute approximate surface area is 114 Å². The summed E-state index contributed by atoms with van der Waals surface area (Å²) >= 11 is 7.78. The zero-order valence-corrected chi connectivity index (χ0v) is 12.4. The second-order valence-corrected chi connectivity index (χ2v) is 6.29. The van der Waals surface area contributed by atoms with Gasteiger partial charge in [-0.2, -0.15) is 11.8 Å². The van der Waals surface area contributed by atoms with Crippen LogP contribution in [-0.2, 0) is 4.79 Å². The van der Waals surface area contributed by atoms with Gasteiger partial charge in [-0.05, 0) is 36.7 Å². The molecule has 0 saturated carbocycles. The van der Waals surface area contributed by atoms with Crippen molar-refractivity contribution >= 4 is 29.3 Å². The van der Waals surface area contributed by atoms with Crippen molar-refractivity contribution in [3.63, 3.8) is 0 Å². The number of hydrogen-bond acceptors (Lipinski definition) is 2. The summed E-state index contributed by atoms with van der Waals surface area (Å²) in [5, 5.41) is 0. The van der Waals surface area contributed by atoms with E-state index < -0.39 is 0 Å². The molecule has 0 aromatic rings. The van der Waals surface area contributed by atoms with Gasteiger partial charge in [0.15, 0.2) is 0 Å². The molecular formula is C13H24ClNOS. The van der Waals surface area contributed by atoms with Crippen LogP contribution in [0.2, 0.25) is 0 Å². The van der Waals surface area contributed by atoms with Crippen molar-refractivity contribution < 1.29 is 4.79 Å². The molecule has 17 heavy (non-hydrogen) atoms. The molecule has 4 heteroatoms. The average Bonchev–Trinajstić information content (AvgIpc) is 2.35. The van der Waals surface area contributed by atoms with Gasteiger partial charge in [-0.1, -0.05) is 13.3 Å². The highest BCUT2D eigenvalue weighted by atomic mass is 35.5. The van der Waals surface area contributed by atoms with Crippen LogP contribution >= 0.6 is 23.4 Å². The van der Waals surface area contributed by atoms with Gasteiger partial charge in [0, 0.05) is 25.4 Å². The normalized spacial score (nSPS) is 17.1. The van der Waals surface area contributed by atoms with E-state index in [1.54, 1.807) is 0 Å². The lowest BCUT2D eigenvalue weighted by molar-refractivity contribution is -0.132. The Kier molecular flexibility index (Phi) is 8.12. The lowest BCUT2D eigenvalue weighted by Crippen LogP contribution is -2.35. The fourth-order valence-electron chi connectivity index (χ4n) is 2.14. The smallest absolute Gasteiger partial charge is 0.222 e. The van der Waals surface area contributed by atoms with E-state index in [1.807, 2.05) is 16.7 Å². The topological polar surface area (TPSA) is 20.3 Å². The molecule has 1 amide bonds. The lowest BCUT2D eigenvalue weighted by atomic mass is 9.98. The van der Waals surface area contributed by atoms with Gasteiger partial charge in [-0.3, -0.25) is 4.79 Å². The molecular weight excluding hydrogens is 254 g/mol. The van der Waals surface area contributed by atoms with E-state index in [4.69, 9.17) is 11.6 Å². The lowest BCUT2D eigenvalue weighted by Gasteiger charge is -2.26. The highest BCUT2D eigenvalue weighted by molar-refractivity contribution is 7.99. The number of alkyl halides is 1. The maximum Gasteiger partial charge on any atom is 0.222 e. The Balaban J connectivity index is 2.34. The maximum absolute atomic E-state index is 12.2. The largest absolute Gasteiger partial charge is 0.342 e. The van der Waals surface area contributed by atoms with Crippen molar-refractivity contribution in [2.45, 2.75) is 39.0 Å². The van der Waals surface area contributed by atoms with Crippen molar-refractivity contribution in [1.82, 2.24) is 4.90 Å². The van der Waals surface area contributed by atoms with Crippen molar-refractivity contribution in [2.24, 2.45) is 5.92 Å². The quantitative estimate of drug-likeness (QED) is 0.665. The Hall–Kier alpha value is 0.110. The minimum absolute atomic E-state index is 0.316. The Morgan fingerprint density at radius 3 is 2.65 bits per heavy atom. The molecule has 1 saturated heterocycles. The van der Waals surface area contributed by atoms with Crippen molar-refractivity contribution in [3.05, 3.63) is 0 Å². The van der Waals surface area contributed by atoms with E-state index in [1.165, 1.54) is 24.3 Å². The van der Waals surface area contributed by atoms with E-state index in [0.29, 0.717) is 24.2 Å². The molecule has 0 bridgehead atoms. The van der Waals surface area contributed by atoms with Crippen LogP contribution in [0.4, 0.5) is 0 Å². The first-order valence-corrected chi connectivity index (χ1v) is 8.38. The van der Waals surface area contributed by atoms with Gasteiger partial charge in [0.1, 0.15) is 0 Å². The third kappa shape index (κ3) is 6.01. The summed E-state index contributed by atoms with van der Waals surface area (Å²) in [4.78, 5) is 14.1. The zero-order chi connectivity index (χ0) is 12.5. The number of carbonyl (C=O) groups excluding carboxylic acids is 1. The van der Waals surface area contributed by atoms with Gasteiger partial charge in [0.2, 0.25) is 5.91 Å². The van der Waals surface area contributed by atoms with Gasteiger partial charge in [-0.25, -0.2) is 0 Å². The van der Waals surface area contributed by atoms with Crippen LogP contribution in [0, 0.1) is 5.92 Å². The van der Waals surface area contributed by atoms with Gasteiger partial charge >= 0.3 is 0 Å². The number of hydrogen-bond donors (Lipinski definition) is 0. The first kappa shape index (κ1) is 15.2. The molecule has 1 aliphatic heterocycles. The molecule has 1 heterocycles. The van der Waals surface area contributed by atoms with Crippen LogP contribution < -0.4 is 0 Å². The molecule has 0 spiro atoms. The van der Waals surface area contributed by atoms with E-state index >= 15 is 0 Å². The summed E-state index contributed by atoms with van der Waals surface area (Å²) in [6.45, 7) is 3.74. The van der Waals surface area contributed by atoms with Gasteiger partial charge < -0.3 is 4.90 Å². The van der Waals surface area contributed by atoms with Gasteiger partial charge in [0.25, 0.3) is 0 Å². The van der Waals surface area contributed by atoms with Crippen LogP contribution in [0.5, 0.6) is 0 Å². The SMILES string of the molecule is CCCCN(CCCl)C(=O)CC1CCSCC1. The maximum atomic E-state index is 12.2. The Morgan fingerprint density at radius 2 is 2.06 bits per heavy atom. The third-order valence-electron chi connectivity index (χ3n) is 3.29. The summed E-state index contributed by atoms with van der Waals surface area (Å²) in [5.74, 6) is 3.93. The van der Waals surface area contributed by atoms with E-state index in [2.05, 4.69) is 6.92 Å². The van der Waals surface area contributed by atoms with Crippen molar-refractivity contribution in [1.29, 1.82) is 0 Å². The third-order valence-corrected chi connectivity index (χ3v) is 4.51. The predicted molar refractivity (Wildman–Crippen MR) is 76.9 cm³/mol. The van der Waals surface area contributed by atoms with Gasteiger partial charge in [-0.15, -0.1) is 11.6 Å². The minimum Gasteiger partial charge on any atom is -0.342 e. The Bertz CT molecular complexity index is 219. The first-order valence-electron chi connectivity index (χ1n) is 6.69. The predicted octanol–water partition coefficient (Wildman–Crippen LogP) is 3.39. The fraction of sp³-hybridized carbons (Fsp3) is 0.923. The number of unbranched alkanes of at least 4 members (excludes halogenated alkanes) is 1. The first-order chi connectivity index (χ1) is 8.27. The molecule has 1 rings (SSSR count).